The van der Waals surface area contributed by atoms with E-state index in [1.54, 1.807) is 52.9 Å². The Kier molecular flexibility index (Phi) is 8.65. The SMILES string of the molecule is Cc1c2c(n(-c3ccc(-c4ccccc4)c(Cl)c3Cl)c1-c1ccc(Cl)cc1)CC(OC(=O)C(F)(F)F)N(N1CCCCC1)C2=O. The fraction of sp³-hybridized carbons (Fsp3) is 0.273. The zero-order valence-electron chi connectivity index (χ0n) is 24.0. The number of amides is 1. The topological polar surface area (TPSA) is 54.8 Å². The van der Waals surface area contributed by atoms with Gasteiger partial charge in [0.2, 0.25) is 0 Å². The second-order valence-electron chi connectivity index (χ2n) is 11.0. The van der Waals surface area contributed by atoms with Crippen LogP contribution in [0.4, 0.5) is 13.2 Å². The van der Waals surface area contributed by atoms with Gasteiger partial charge in [0, 0.05) is 35.8 Å². The molecule has 12 heteroatoms. The summed E-state index contributed by atoms with van der Waals surface area (Å²) in [5.41, 5.74) is 4.43. The minimum atomic E-state index is -5.24. The summed E-state index contributed by atoms with van der Waals surface area (Å²) >= 11 is 20.0. The molecule has 6 nitrogen and oxygen atoms in total. The molecule has 0 saturated carbocycles. The molecule has 3 heterocycles. The molecule has 1 fully saturated rings. The van der Waals surface area contributed by atoms with E-state index < -0.39 is 24.3 Å². The Balaban J connectivity index is 1.58. The number of alkyl halides is 3. The van der Waals surface area contributed by atoms with Gasteiger partial charge in [-0.15, -0.1) is 0 Å². The largest absolute Gasteiger partial charge is 0.491 e. The molecule has 2 aliphatic rings. The van der Waals surface area contributed by atoms with Gasteiger partial charge in [0.15, 0.2) is 6.23 Å². The summed E-state index contributed by atoms with van der Waals surface area (Å²) in [5.74, 6) is -2.93. The van der Waals surface area contributed by atoms with E-state index in [2.05, 4.69) is 0 Å². The molecule has 6 rings (SSSR count). The normalized spacial score (nSPS) is 17.4. The highest BCUT2D eigenvalue weighted by atomic mass is 35.5. The van der Waals surface area contributed by atoms with Crippen LogP contribution in [0.1, 0.15) is 40.9 Å². The van der Waals surface area contributed by atoms with Crippen LogP contribution in [-0.2, 0) is 16.0 Å². The number of benzene rings is 3. The van der Waals surface area contributed by atoms with Crippen molar-refractivity contribution < 1.29 is 27.5 Å². The summed E-state index contributed by atoms with van der Waals surface area (Å²) in [7, 11) is 0. The first-order valence-electron chi connectivity index (χ1n) is 14.4. The average molecular weight is 677 g/mol. The molecule has 1 saturated heterocycles. The van der Waals surface area contributed by atoms with E-state index in [1.165, 1.54) is 5.01 Å². The van der Waals surface area contributed by atoms with Gasteiger partial charge >= 0.3 is 12.1 Å². The molecule has 0 spiro atoms. The molecule has 1 aromatic heterocycles. The Labute approximate surface area is 272 Å². The van der Waals surface area contributed by atoms with Crippen molar-refractivity contribution in [3.8, 4) is 28.1 Å². The minimum Gasteiger partial charge on any atom is -0.433 e. The molecule has 1 amide bonds. The fourth-order valence-electron chi connectivity index (χ4n) is 6.18. The summed E-state index contributed by atoms with van der Waals surface area (Å²) in [6.07, 6.45) is -4.59. The third kappa shape index (κ3) is 5.83. The van der Waals surface area contributed by atoms with Crippen LogP contribution < -0.4 is 0 Å². The number of aromatic nitrogens is 1. The Morgan fingerprint density at radius 1 is 0.867 bits per heavy atom. The van der Waals surface area contributed by atoms with E-state index in [-0.39, 0.29) is 16.5 Å². The highest BCUT2D eigenvalue weighted by molar-refractivity contribution is 6.45. The summed E-state index contributed by atoms with van der Waals surface area (Å²) in [4.78, 5) is 26.5. The van der Waals surface area contributed by atoms with Gasteiger partial charge in [-0.25, -0.2) is 14.8 Å². The average Bonchev–Trinajstić information content (AvgIpc) is 3.31. The van der Waals surface area contributed by atoms with Crippen LogP contribution in [0.25, 0.3) is 28.1 Å². The number of esters is 1. The number of rotatable bonds is 5. The van der Waals surface area contributed by atoms with Crippen molar-refractivity contribution in [3.05, 3.63) is 98.6 Å². The van der Waals surface area contributed by atoms with Gasteiger partial charge < -0.3 is 9.30 Å². The lowest BCUT2D eigenvalue weighted by Gasteiger charge is -2.43. The first-order chi connectivity index (χ1) is 21.5. The maximum atomic E-state index is 14.4. The number of hydrogen-bond acceptors (Lipinski definition) is 4. The van der Waals surface area contributed by atoms with Gasteiger partial charge in [-0.3, -0.25) is 4.79 Å². The first-order valence-corrected chi connectivity index (χ1v) is 15.5. The maximum absolute atomic E-state index is 14.4. The quantitative estimate of drug-likeness (QED) is 0.198. The monoisotopic (exact) mass is 675 g/mol. The molecule has 0 N–H and O–H groups in total. The lowest BCUT2D eigenvalue weighted by molar-refractivity contribution is -0.221. The molecule has 1 unspecified atom stereocenters. The molecule has 1 atom stereocenters. The highest BCUT2D eigenvalue weighted by Gasteiger charge is 2.48. The lowest BCUT2D eigenvalue weighted by Crippen LogP contribution is -2.58. The Bertz CT molecular complexity index is 1770. The number of piperidine rings is 1. The molecule has 0 aliphatic carbocycles. The number of halogens is 6. The van der Waals surface area contributed by atoms with E-state index in [0.29, 0.717) is 57.4 Å². The summed E-state index contributed by atoms with van der Waals surface area (Å²) in [6, 6.07) is 20.0. The number of nitrogens with zero attached hydrogens (tertiary/aromatic N) is 3. The Morgan fingerprint density at radius 3 is 2.18 bits per heavy atom. The summed E-state index contributed by atoms with van der Waals surface area (Å²) in [5, 5.41) is 3.81. The van der Waals surface area contributed by atoms with E-state index in [9.17, 15) is 22.8 Å². The van der Waals surface area contributed by atoms with Crippen LogP contribution in [0.15, 0.2) is 66.7 Å². The molecule has 45 heavy (non-hydrogen) atoms. The lowest BCUT2D eigenvalue weighted by atomic mass is 10.0. The standard InChI is InChI=1S/C33H27Cl3F3N3O3/c1-19-27-25(18-26(45-32(44)33(37,38)39)42(31(27)43)40-16-6-3-7-17-40)41(30(19)21-10-12-22(34)13-11-21)24-15-14-23(28(35)29(24)36)20-8-4-2-5-9-20/h2,4-5,8-15,26H,3,6-7,16-18H2,1H3. The second-order valence-corrected chi connectivity index (χ2v) is 12.2. The number of ether oxygens (including phenoxy) is 1. The molecule has 4 aromatic rings. The Morgan fingerprint density at radius 2 is 1.53 bits per heavy atom. The van der Waals surface area contributed by atoms with Crippen LogP contribution in [0.5, 0.6) is 0 Å². The smallest absolute Gasteiger partial charge is 0.433 e. The summed E-state index contributed by atoms with van der Waals surface area (Å²) < 4.78 is 47.2. The van der Waals surface area contributed by atoms with E-state index in [4.69, 9.17) is 39.5 Å². The Hall–Kier alpha value is -3.50. The predicted octanol–water partition coefficient (Wildman–Crippen LogP) is 8.91. The van der Waals surface area contributed by atoms with Crippen LogP contribution in [0, 0.1) is 6.92 Å². The number of hydrazine groups is 1. The molecule has 3 aromatic carbocycles. The van der Waals surface area contributed by atoms with E-state index in [0.717, 1.165) is 24.8 Å². The highest BCUT2D eigenvalue weighted by Crippen LogP contribution is 2.44. The molecular formula is C33H27Cl3F3N3O3. The van der Waals surface area contributed by atoms with Gasteiger partial charge in [0.05, 0.1) is 27.0 Å². The maximum Gasteiger partial charge on any atom is 0.491 e. The zero-order valence-corrected chi connectivity index (χ0v) is 26.3. The molecule has 0 bridgehead atoms. The van der Waals surface area contributed by atoms with Crippen molar-refractivity contribution in [2.75, 3.05) is 13.1 Å². The molecular weight excluding hydrogens is 650 g/mol. The zero-order chi connectivity index (χ0) is 32.0. The fourth-order valence-corrected chi connectivity index (χ4v) is 6.82. The van der Waals surface area contributed by atoms with E-state index >= 15 is 0 Å². The van der Waals surface area contributed by atoms with E-state index in [1.807, 2.05) is 30.3 Å². The van der Waals surface area contributed by atoms with Crippen molar-refractivity contribution in [2.45, 2.75) is 45.0 Å². The van der Waals surface area contributed by atoms with Crippen LogP contribution in [0.2, 0.25) is 15.1 Å². The third-order valence-corrected chi connectivity index (χ3v) is 9.32. The number of carbonyl (C=O) groups is 2. The van der Waals surface area contributed by atoms with Crippen LogP contribution >= 0.6 is 34.8 Å². The van der Waals surface area contributed by atoms with Crippen molar-refractivity contribution >= 4 is 46.7 Å². The predicted molar refractivity (Wildman–Crippen MR) is 168 cm³/mol. The van der Waals surface area contributed by atoms with Gasteiger partial charge in [-0.1, -0.05) is 89.8 Å². The first kappa shape index (κ1) is 31.5. The van der Waals surface area contributed by atoms with Crippen molar-refractivity contribution in [2.24, 2.45) is 0 Å². The summed E-state index contributed by atoms with van der Waals surface area (Å²) in [6.45, 7) is 2.65. The molecule has 0 radical (unpaired) electrons. The van der Waals surface area contributed by atoms with Crippen molar-refractivity contribution in [3.63, 3.8) is 0 Å². The van der Waals surface area contributed by atoms with Crippen molar-refractivity contribution in [1.82, 2.24) is 14.6 Å². The van der Waals surface area contributed by atoms with Gasteiger partial charge in [-0.05, 0) is 54.7 Å². The number of fused-ring (bicyclic) bond motifs is 1. The van der Waals surface area contributed by atoms with Crippen molar-refractivity contribution in [1.29, 1.82) is 0 Å². The van der Waals surface area contributed by atoms with Crippen LogP contribution in [0.3, 0.4) is 0 Å². The molecule has 2 aliphatic heterocycles. The van der Waals surface area contributed by atoms with Gasteiger partial charge in [-0.2, -0.15) is 13.2 Å². The third-order valence-electron chi connectivity index (χ3n) is 8.19. The molecule has 234 valence electrons. The minimum absolute atomic E-state index is 0.181. The second kappa shape index (κ2) is 12.4. The van der Waals surface area contributed by atoms with Crippen LogP contribution in [-0.4, -0.2) is 52.0 Å². The number of carbonyl (C=O) groups excluding carboxylic acids is 2. The van der Waals surface area contributed by atoms with Gasteiger partial charge in [0.1, 0.15) is 0 Å². The number of hydrogen-bond donors (Lipinski definition) is 0. The van der Waals surface area contributed by atoms with Gasteiger partial charge in [0.25, 0.3) is 5.91 Å².